The van der Waals surface area contributed by atoms with Gasteiger partial charge in [0.2, 0.25) is 0 Å². The van der Waals surface area contributed by atoms with Gasteiger partial charge in [-0.1, -0.05) is 44.2 Å². The average molecular weight is 231 g/mol. The molecule has 0 saturated heterocycles. The summed E-state index contributed by atoms with van der Waals surface area (Å²) in [7, 11) is 0. The average Bonchev–Trinajstić information content (AvgIpc) is 2.80. The first-order chi connectivity index (χ1) is 7.77. The second kappa shape index (κ2) is 5.28. The van der Waals surface area contributed by atoms with Crippen LogP contribution in [-0.4, -0.2) is 6.04 Å². The molecule has 1 heterocycles. The van der Waals surface area contributed by atoms with Crippen LogP contribution in [0, 0.1) is 0 Å². The Labute approximate surface area is 101 Å². The van der Waals surface area contributed by atoms with Gasteiger partial charge in [-0.05, 0) is 22.6 Å². The van der Waals surface area contributed by atoms with Crippen molar-refractivity contribution in [3.05, 3.63) is 47.3 Å². The maximum atomic E-state index is 3.47. The van der Waals surface area contributed by atoms with Gasteiger partial charge in [0, 0.05) is 17.5 Å². The largest absolute Gasteiger partial charge is 0.310 e. The summed E-state index contributed by atoms with van der Waals surface area (Å²) in [6.07, 6.45) is 0. The molecule has 16 heavy (non-hydrogen) atoms. The number of benzene rings is 1. The molecule has 0 atom stereocenters. The second-order valence-electron chi connectivity index (χ2n) is 4.17. The lowest BCUT2D eigenvalue weighted by Crippen LogP contribution is -2.22. The molecular formula is C14H17NS. The van der Waals surface area contributed by atoms with Crippen LogP contribution in [0.25, 0.3) is 10.4 Å². The van der Waals surface area contributed by atoms with Crippen LogP contribution in [0.1, 0.15) is 19.4 Å². The van der Waals surface area contributed by atoms with Gasteiger partial charge < -0.3 is 5.32 Å². The van der Waals surface area contributed by atoms with Crippen LogP contribution in [-0.2, 0) is 6.54 Å². The summed E-state index contributed by atoms with van der Waals surface area (Å²) in [5.41, 5.74) is 2.73. The normalized spacial score (nSPS) is 10.9. The summed E-state index contributed by atoms with van der Waals surface area (Å²) in [5.74, 6) is 0. The number of nitrogens with one attached hydrogen (secondary N) is 1. The van der Waals surface area contributed by atoms with Gasteiger partial charge in [0.05, 0.1) is 0 Å². The van der Waals surface area contributed by atoms with E-state index in [2.05, 4.69) is 60.9 Å². The lowest BCUT2D eigenvalue weighted by atomic mass is 10.1. The standard InChI is InChI=1S/C14H17NS/c1-11(2)15-10-12-6-3-4-7-13(12)14-8-5-9-16-14/h3-9,11,15H,10H2,1-2H3. The Morgan fingerprint density at radius 2 is 1.94 bits per heavy atom. The first-order valence-corrected chi connectivity index (χ1v) is 6.50. The summed E-state index contributed by atoms with van der Waals surface area (Å²) >= 11 is 1.80. The molecule has 2 rings (SSSR count). The molecule has 0 bridgehead atoms. The van der Waals surface area contributed by atoms with E-state index in [-0.39, 0.29) is 0 Å². The maximum absolute atomic E-state index is 3.47. The molecule has 2 heteroatoms. The molecule has 0 saturated carbocycles. The van der Waals surface area contributed by atoms with Crippen molar-refractivity contribution in [1.82, 2.24) is 5.32 Å². The zero-order chi connectivity index (χ0) is 11.4. The molecule has 0 amide bonds. The Hall–Kier alpha value is -1.12. The van der Waals surface area contributed by atoms with E-state index in [0.29, 0.717) is 6.04 Å². The van der Waals surface area contributed by atoms with Crippen molar-refractivity contribution in [3.63, 3.8) is 0 Å². The van der Waals surface area contributed by atoms with Crippen molar-refractivity contribution in [2.24, 2.45) is 0 Å². The second-order valence-corrected chi connectivity index (χ2v) is 5.12. The fourth-order valence-corrected chi connectivity index (χ4v) is 2.45. The summed E-state index contributed by atoms with van der Waals surface area (Å²) in [6.45, 7) is 5.28. The molecule has 0 aliphatic heterocycles. The Morgan fingerprint density at radius 1 is 1.12 bits per heavy atom. The van der Waals surface area contributed by atoms with Gasteiger partial charge in [-0.15, -0.1) is 11.3 Å². The molecule has 1 aromatic heterocycles. The van der Waals surface area contributed by atoms with E-state index in [0.717, 1.165) is 6.54 Å². The van der Waals surface area contributed by atoms with E-state index in [9.17, 15) is 0 Å². The topological polar surface area (TPSA) is 12.0 Å². The smallest absolute Gasteiger partial charge is 0.0345 e. The third-order valence-electron chi connectivity index (χ3n) is 2.50. The van der Waals surface area contributed by atoms with E-state index in [1.807, 2.05) is 0 Å². The Morgan fingerprint density at radius 3 is 2.62 bits per heavy atom. The monoisotopic (exact) mass is 231 g/mol. The third-order valence-corrected chi connectivity index (χ3v) is 3.41. The fraction of sp³-hybridized carbons (Fsp3) is 0.286. The molecule has 0 aliphatic carbocycles. The van der Waals surface area contributed by atoms with E-state index in [1.165, 1.54) is 16.0 Å². The minimum absolute atomic E-state index is 0.524. The van der Waals surface area contributed by atoms with Gasteiger partial charge in [0.15, 0.2) is 0 Å². The van der Waals surface area contributed by atoms with Crippen molar-refractivity contribution in [3.8, 4) is 10.4 Å². The van der Waals surface area contributed by atoms with Crippen molar-refractivity contribution in [2.75, 3.05) is 0 Å². The highest BCUT2D eigenvalue weighted by Crippen LogP contribution is 2.27. The first-order valence-electron chi connectivity index (χ1n) is 5.62. The zero-order valence-corrected chi connectivity index (χ0v) is 10.6. The zero-order valence-electron chi connectivity index (χ0n) is 9.73. The van der Waals surface area contributed by atoms with Gasteiger partial charge in [-0.3, -0.25) is 0 Å². The molecule has 0 spiro atoms. The predicted octanol–water partition coefficient (Wildman–Crippen LogP) is 3.91. The number of rotatable bonds is 4. The van der Waals surface area contributed by atoms with Crippen LogP contribution in [0.2, 0.25) is 0 Å². The van der Waals surface area contributed by atoms with Gasteiger partial charge in [0.1, 0.15) is 0 Å². The third kappa shape index (κ3) is 2.71. The predicted molar refractivity (Wildman–Crippen MR) is 71.7 cm³/mol. The molecule has 84 valence electrons. The van der Waals surface area contributed by atoms with E-state index < -0.39 is 0 Å². The highest BCUT2D eigenvalue weighted by atomic mass is 32.1. The lowest BCUT2D eigenvalue weighted by Gasteiger charge is -2.11. The molecular weight excluding hydrogens is 214 g/mol. The lowest BCUT2D eigenvalue weighted by molar-refractivity contribution is 0.589. The van der Waals surface area contributed by atoms with Crippen LogP contribution >= 0.6 is 11.3 Å². The van der Waals surface area contributed by atoms with Crippen LogP contribution in [0.15, 0.2) is 41.8 Å². The van der Waals surface area contributed by atoms with Crippen molar-refractivity contribution >= 4 is 11.3 Å². The van der Waals surface area contributed by atoms with Gasteiger partial charge in [0.25, 0.3) is 0 Å². The minimum Gasteiger partial charge on any atom is -0.310 e. The van der Waals surface area contributed by atoms with Gasteiger partial charge in [-0.2, -0.15) is 0 Å². The van der Waals surface area contributed by atoms with Crippen molar-refractivity contribution in [2.45, 2.75) is 26.4 Å². The highest BCUT2D eigenvalue weighted by molar-refractivity contribution is 7.13. The van der Waals surface area contributed by atoms with Crippen molar-refractivity contribution < 1.29 is 0 Å². The summed E-state index contributed by atoms with van der Waals surface area (Å²) in [5, 5.41) is 5.60. The van der Waals surface area contributed by atoms with Crippen molar-refractivity contribution in [1.29, 1.82) is 0 Å². The molecule has 0 fully saturated rings. The summed E-state index contributed by atoms with van der Waals surface area (Å²) in [4.78, 5) is 1.35. The SMILES string of the molecule is CC(C)NCc1ccccc1-c1cccs1. The van der Waals surface area contributed by atoms with Crippen LogP contribution in [0.3, 0.4) is 0 Å². The molecule has 2 aromatic rings. The Kier molecular flexibility index (Phi) is 3.75. The molecule has 0 unspecified atom stereocenters. The molecule has 1 N–H and O–H groups in total. The fourth-order valence-electron chi connectivity index (χ4n) is 1.66. The van der Waals surface area contributed by atoms with Gasteiger partial charge in [-0.25, -0.2) is 0 Å². The number of hydrogen-bond donors (Lipinski definition) is 1. The Balaban J connectivity index is 2.24. The molecule has 1 nitrogen and oxygen atoms in total. The molecule has 0 aliphatic rings. The van der Waals surface area contributed by atoms with Crippen LogP contribution in [0.4, 0.5) is 0 Å². The van der Waals surface area contributed by atoms with E-state index in [4.69, 9.17) is 0 Å². The maximum Gasteiger partial charge on any atom is 0.0345 e. The minimum atomic E-state index is 0.524. The Bertz CT molecular complexity index is 432. The molecule has 0 radical (unpaired) electrons. The quantitative estimate of drug-likeness (QED) is 0.841. The first kappa shape index (κ1) is 11.4. The number of hydrogen-bond acceptors (Lipinski definition) is 2. The van der Waals surface area contributed by atoms with Gasteiger partial charge >= 0.3 is 0 Å². The molecule has 1 aromatic carbocycles. The van der Waals surface area contributed by atoms with Crippen LogP contribution < -0.4 is 5.32 Å². The van der Waals surface area contributed by atoms with E-state index in [1.54, 1.807) is 11.3 Å². The van der Waals surface area contributed by atoms with Crippen LogP contribution in [0.5, 0.6) is 0 Å². The summed E-state index contributed by atoms with van der Waals surface area (Å²) in [6, 6.07) is 13.4. The summed E-state index contributed by atoms with van der Waals surface area (Å²) < 4.78 is 0. The highest BCUT2D eigenvalue weighted by Gasteiger charge is 2.05. The number of thiophene rings is 1. The van der Waals surface area contributed by atoms with E-state index >= 15 is 0 Å².